The molecule has 220 valence electrons. The molecule has 9 nitrogen and oxygen atoms in total. The van der Waals surface area contributed by atoms with Gasteiger partial charge in [-0.25, -0.2) is 22.8 Å². The zero-order valence-corrected chi connectivity index (χ0v) is 23.5. The maximum absolute atomic E-state index is 14.0. The molecule has 4 aromatic rings. The van der Waals surface area contributed by atoms with Crippen LogP contribution in [0.1, 0.15) is 31.7 Å². The van der Waals surface area contributed by atoms with Crippen molar-refractivity contribution in [2.45, 2.75) is 32.3 Å². The van der Waals surface area contributed by atoms with Crippen molar-refractivity contribution in [3.63, 3.8) is 0 Å². The van der Waals surface area contributed by atoms with Crippen molar-refractivity contribution in [1.82, 2.24) is 14.3 Å². The third kappa shape index (κ3) is 5.88. The summed E-state index contributed by atoms with van der Waals surface area (Å²) in [7, 11) is 0. The fourth-order valence-corrected chi connectivity index (χ4v) is 5.23. The van der Waals surface area contributed by atoms with E-state index in [-0.39, 0.29) is 36.6 Å². The zero-order valence-electron chi connectivity index (χ0n) is 23.5. The van der Waals surface area contributed by atoms with Gasteiger partial charge in [-0.2, -0.15) is 5.10 Å². The van der Waals surface area contributed by atoms with Crippen molar-refractivity contribution in [2.24, 2.45) is 0 Å². The summed E-state index contributed by atoms with van der Waals surface area (Å²) in [6.07, 6.45) is 0.328. The van der Waals surface area contributed by atoms with Gasteiger partial charge >= 0.3 is 5.69 Å². The average Bonchev–Trinajstić information content (AvgIpc) is 3.63. The SMILES string of the molecule is CC(C)n1ncn(-c2ccc(N3CCN(c4ccc(OC[C@@H]5CO[C@@H](c6ccc(F)cc6F)O5)cc4)CC3)cc2)c1=O. The number of halogens is 2. The lowest BCUT2D eigenvalue weighted by Crippen LogP contribution is -2.46. The van der Waals surface area contributed by atoms with E-state index in [1.807, 2.05) is 62.4 Å². The van der Waals surface area contributed by atoms with Crippen molar-refractivity contribution in [3.05, 3.63) is 101 Å². The van der Waals surface area contributed by atoms with Gasteiger partial charge in [0.25, 0.3) is 0 Å². The summed E-state index contributed by atoms with van der Waals surface area (Å²) < 4.78 is 47.5. The van der Waals surface area contributed by atoms with E-state index in [1.54, 1.807) is 10.9 Å². The van der Waals surface area contributed by atoms with Gasteiger partial charge in [-0.1, -0.05) is 0 Å². The van der Waals surface area contributed by atoms with Gasteiger partial charge in [-0.05, 0) is 74.5 Å². The Hall–Kier alpha value is -4.22. The Balaban J connectivity index is 0.982. The molecule has 2 aliphatic rings. The molecule has 42 heavy (non-hydrogen) atoms. The molecule has 0 spiro atoms. The van der Waals surface area contributed by atoms with Gasteiger partial charge in [0, 0.05) is 49.2 Å². The Labute approximate surface area is 242 Å². The molecule has 0 N–H and O–H groups in total. The van der Waals surface area contributed by atoms with E-state index in [0.29, 0.717) is 5.75 Å². The molecule has 0 saturated carbocycles. The van der Waals surface area contributed by atoms with E-state index >= 15 is 0 Å². The highest BCUT2D eigenvalue weighted by Gasteiger charge is 2.30. The predicted octanol–water partition coefficient (Wildman–Crippen LogP) is 4.71. The first-order valence-corrected chi connectivity index (χ1v) is 14.1. The fraction of sp³-hybridized carbons (Fsp3) is 0.355. The number of hydrogen-bond donors (Lipinski definition) is 0. The molecule has 1 aromatic heterocycles. The molecule has 0 radical (unpaired) electrons. The first kappa shape index (κ1) is 27.9. The highest BCUT2D eigenvalue weighted by Crippen LogP contribution is 2.30. The van der Waals surface area contributed by atoms with E-state index in [9.17, 15) is 13.6 Å². The Bertz CT molecular complexity index is 1560. The number of rotatable bonds is 8. The summed E-state index contributed by atoms with van der Waals surface area (Å²) >= 11 is 0. The molecule has 0 bridgehead atoms. The van der Waals surface area contributed by atoms with Crippen LogP contribution in [0.15, 0.2) is 77.9 Å². The minimum atomic E-state index is -0.877. The van der Waals surface area contributed by atoms with Crippen molar-refractivity contribution in [1.29, 1.82) is 0 Å². The number of piperazine rings is 1. The van der Waals surface area contributed by atoms with Crippen LogP contribution in [0.5, 0.6) is 5.75 Å². The predicted molar refractivity (Wildman–Crippen MR) is 154 cm³/mol. The first-order chi connectivity index (χ1) is 20.4. The number of anilines is 2. The van der Waals surface area contributed by atoms with Crippen LogP contribution in [0.3, 0.4) is 0 Å². The molecular weight excluding hydrogens is 544 g/mol. The summed E-state index contributed by atoms with van der Waals surface area (Å²) in [5.41, 5.74) is 3.06. The summed E-state index contributed by atoms with van der Waals surface area (Å²) in [4.78, 5) is 17.3. The fourth-order valence-electron chi connectivity index (χ4n) is 5.23. The van der Waals surface area contributed by atoms with E-state index in [4.69, 9.17) is 14.2 Å². The van der Waals surface area contributed by atoms with Crippen LogP contribution in [-0.2, 0) is 9.47 Å². The van der Waals surface area contributed by atoms with Crippen molar-refractivity contribution < 1.29 is 23.0 Å². The molecule has 11 heteroatoms. The average molecular weight is 578 g/mol. The van der Waals surface area contributed by atoms with Crippen LogP contribution in [0.4, 0.5) is 20.2 Å². The number of aromatic nitrogens is 3. The Morgan fingerprint density at radius 3 is 2.12 bits per heavy atom. The van der Waals surface area contributed by atoms with Gasteiger partial charge in [0.15, 0.2) is 6.29 Å². The molecule has 2 fully saturated rings. The van der Waals surface area contributed by atoms with Crippen LogP contribution in [0.25, 0.3) is 5.69 Å². The van der Waals surface area contributed by atoms with Gasteiger partial charge in [0.05, 0.1) is 18.3 Å². The second-order valence-corrected chi connectivity index (χ2v) is 10.7. The smallest absolute Gasteiger partial charge is 0.350 e. The number of hydrogen-bond acceptors (Lipinski definition) is 7. The maximum Gasteiger partial charge on any atom is 0.350 e. The minimum absolute atomic E-state index is 0.0102. The molecule has 6 rings (SSSR count). The third-order valence-electron chi connectivity index (χ3n) is 7.56. The minimum Gasteiger partial charge on any atom is -0.491 e. The lowest BCUT2D eigenvalue weighted by atomic mass is 10.2. The standard InChI is InChI=1S/C31H33F2N5O4/c1-21(2)38-31(39)37(20-34-38)25-6-4-23(5-7-25)35-13-15-36(16-14-35)24-8-10-26(11-9-24)40-18-27-19-41-30(42-27)28-12-3-22(32)17-29(28)33/h3-12,17,20-21,27,30H,13-16,18-19H2,1-2H3/t27-,30-/m1/s1. The molecule has 2 saturated heterocycles. The van der Waals surface area contributed by atoms with Gasteiger partial charge < -0.3 is 24.0 Å². The Kier molecular flexibility index (Phi) is 7.94. The second-order valence-electron chi connectivity index (χ2n) is 10.7. The quantitative estimate of drug-likeness (QED) is 0.300. The molecule has 0 unspecified atom stereocenters. The van der Waals surface area contributed by atoms with Crippen LogP contribution >= 0.6 is 0 Å². The van der Waals surface area contributed by atoms with E-state index in [0.717, 1.165) is 49.3 Å². The zero-order chi connectivity index (χ0) is 29.2. The molecule has 3 heterocycles. The number of ether oxygens (including phenoxy) is 3. The van der Waals surface area contributed by atoms with Crippen molar-refractivity contribution >= 4 is 11.4 Å². The monoisotopic (exact) mass is 577 g/mol. The van der Waals surface area contributed by atoms with Crippen molar-refractivity contribution in [2.75, 3.05) is 49.2 Å². The summed E-state index contributed by atoms with van der Waals surface area (Å²) in [6, 6.07) is 19.3. The number of benzene rings is 3. The van der Waals surface area contributed by atoms with Gasteiger partial charge in [0.2, 0.25) is 0 Å². The van der Waals surface area contributed by atoms with Crippen LogP contribution in [0.2, 0.25) is 0 Å². The van der Waals surface area contributed by atoms with Crippen molar-refractivity contribution in [3.8, 4) is 11.4 Å². The highest BCUT2D eigenvalue weighted by atomic mass is 19.1. The van der Waals surface area contributed by atoms with E-state index < -0.39 is 17.9 Å². The molecule has 0 amide bonds. The second kappa shape index (κ2) is 11.9. The normalized spacial score (nSPS) is 19.1. The topological polar surface area (TPSA) is 74.0 Å². The third-order valence-corrected chi connectivity index (χ3v) is 7.56. The van der Waals surface area contributed by atoms with Crippen LogP contribution in [-0.4, -0.2) is 59.8 Å². The molecule has 3 aromatic carbocycles. The van der Waals surface area contributed by atoms with Gasteiger partial charge in [-0.15, -0.1) is 0 Å². The summed E-state index contributed by atoms with van der Waals surface area (Å²) in [5.74, 6) is -0.633. The lowest BCUT2D eigenvalue weighted by molar-refractivity contribution is -0.0680. The number of nitrogens with zero attached hydrogens (tertiary/aromatic N) is 5. The lowest BCUT2D eigenvalue weighted by Gasteiger charge is -2.37. The largest absolute Gasteiger partial charge is 0.491 e. The van der Waals surface area contributed by atoms with Gasteiger partial charge in [-0.3, -0.25) is 0 Å². The van der Waals surface area contributed by atoms with Crippen LogP contribution in [0, 0.1) is 11.6 Å². The van der Waals surface area contributed by atoms with E-state index in [1.165, 1.54) is 16.8 Å². The molecular formula is C31H33F2N5O4. The highest BCUT2D eigenvalue weighted by molar-refractivity contribution is 5.54. The first-order valence-electron chi connectivity index (χ1n) is 14.1. The summed E-state index contributed by atoms with van der Waals surface area (Å²) in [6.45, 7) is 7.87. The van der Waals surface area contributed by atoms with Crippen LogP contribution < -0.4 is 20.2 Å². The Morgan fingerprint density at radius 2 is 1.52 bits per heavy atom. The molecule has 2 atom stereocenters. The summed E-state index contributed by atoms with van der Waals surface area (Å²) in [5, 5.41) is 4.20. The van der Waals surface area contributed by atoms with E-state index in [2.05, 4.69) is 14.9 Å². The molecule has 0 aliphatic carbocycles. The Morgan fingerprint density at radius 1 is 0.905 bits per heavy atom. The molecule has 2 aliphatic heterocycles. The maximum atomic E-state index is 14.0. The van der Waals surface area contributed by atoms with Gasteiger partial charge in [0.1, 0.15) is 36.4 Å².